The zero-order chi connectivity index (χ0) is 25.7. The Labute approximate surface area is 210 Å². The Morgan fingerprint density at radius 3 is 2.68 bits per heavy atom. The Morgan fingerprint density at radius 1 is 1.16 bits per heavy atom. The number of amides is 1. The van der Waals surface area contributed by atoms with Crippen LogP contribution in [0.25, 0.3) is 27.9 Å². The van der Waals surface area contributed by atoms with E-state index in [1.807, 2.05) is 0 Å². The van der Waals surface area contributed by atoms with E-state index in [-0.39, 0.29) is 43.0 Å². The first kappa shape index (κ1) is 24.0. The number of benzene rings is 1. The molecule has 0 spiro atoms. The van der Waals surface area contributed by atoms with Gasteiger partial charge in [0, 0.05) is 19.2 Å². The van der Waals surface area contributed by atoms with Crippen LogP contribution >= 0.6 is 0 Å². The van der Waals surface area contributed by atoms with E-state index in [2.05, 4.69) is 9.97 Å². The number of hydrogen-bond acceptors (Lipinski definition) is 7. The van der Waals surface area contributed by atoms with E-state index in [1.165, 1.54) is 23.1 Å². The summed E-state index contributed by atoms with van der Waals surface area (Å²) in [5.74, 6) is -1.45. The summed E-state index contributed by atoms with van der Waals surface area (Å²) in [5.41, 5.74) is 2.16. The van der Waals surface area contributed by atoms with Crippen molar-refractivity contribution in [1.82, 2.24) is 14.9 Å². The van der Waals surface area contributed by atoms with E-state index < -0.39 is 36.6 Å². The summed E-state index contributed by atoms with van der Waals surface area (Å²) in [5, 5.41) is 18.9. The highest BCUT2D eigenvalue weighted by molar-refractivity contribution is 5.82. The molecule has 2 aromatic heterocycles. The van der Waals surface area contributed by atoms with Gasteiger partial charge in [0.25, 0.3) is 0 Å². The molecule has 1 amide bonds. The van der Waals surface area contributed by atoms with Crippen molar-refractivity contribution in [3.8, 4) is 17.1 Å². The molecule has 0 radical (unpaired) electrons. The predicted octanol–water partition coefficient (Wildman–Crippen LogP) is 2.02. The van der Waals surface area contributed by atoms with Crippen LogP contribution in [-0.2, 0) is 14.3 Å². The van der Waals surface area contributed by atoms with Crippen LogP contribution in [0.5, 0.6) is 5.88 Å². The maximum atomic E-state index is 15.2. The molecule has 3 N–H and O–H groups in total. The number of pyridine rings is 1. The highest BCUT2D eigenvalue weighted by Gasteiger charge is 2.48. The van der Waals surface area contributed by atoms with Crippen LogP contribution < -0.4 is 4.74 Å². The molecular weight excluding hydrogens is 488 g/mol. The van der Waals surface area contributed by atoms with Crippen LogP contribution in [0.15, 0.2) is 36.4 Å². The summed E-state index contributed by atoms with van der Waals surface area (Å²) in [6.07, 6.45) is 0.300. The molecule has 0 saturated carbocycles. The minimum Gasteiger partial charge on any atom is -0.470 e. The number of carbonyl (C=O) groups excluding carboxylic acids is 1. The molecule has 194 valence electrons. The van der Waals surface area contributed by atoms with Gasteiger partial charge in [-0.05, 0) is 41.8 Å². The molecule has 0 aliphatic carbocycles. The van der Waals surface area contributed by atoms with Gasteiger partial charge in [0.05, 0.1) is 35.5 Å². The minimum atomic E-state index is -0.741. The lowest BCUT2D eigenvalue weighted by Gasteiger charge is -2.26. The number of aliphatic hydroxyl groups excluding tert-OH is 2. The normalized spacial score (nSPS) is 25.4. The predicted molar refractivity (Wildman–Crippen MR) is 128 cm³/mol. The molecule has 6 rings (SSSR count). The second-order valence-corrected chi connectivity index (χ2v) is 9.37. The van der Waals surface area contributed by atoms with Crippen molar-refractivity contribution in [3.63, 3.8) is 0 Å². The Hall–Kier alpha value is -3.38. The number of halogens is 2. The lowest BCUT2D eigenvalue weighted by molar-refractivity contribution is -0.133. The van der Waals surface area contributed by atoms with Crippen LogP contribution in [-0.4, -0.2) is 88.3 Å². The molecule has 9 nitrogen and oxygen atoms in total. The third-order valence-corrected chi connectivity index (χ3v) is 7.08. The number of rotatable bonds is 5. The van der Waals surface area contributed by atoms with Gasteiger partial charge in [0.1, 0.15) is 36.6 Å². The largest absolute Gasteiger partial charge is 0.470 e. The average Bonchev–Trinajstić information content (AvgIpc) is 3.59. The van der Waals surface area contributed by atoms with E-state index in [1.54, 1.807) is 18.2 Å². The number of aromatic amines is 1. The zero-order valence-corrected chi connectivity index (χ0v) is 19.7. The molecule has 2 saturated heterocycles. The van der Waals surface area contributed by atoms with Crippen LogP contribution in [0.1, 0.15) is 12.0 Å². The monoisotopic (exact) mass is 513 g/mol. The van der Waals surface area contributed by atoms with Gasteiger partial charge in [0.2, 0.25) is 5.91 Å². The standard InChI is InChI=1S/C26H25F2N3O6/c27-15-7-14(13-3-5-31(6-4-13)23(34)10-32)8-16(28)24(15)18-2-1-17-19(29-18)9-22(30-17)37-21-12-36-25-20(33)11-35-26(21)25/h1-3,7-9,20-21,25-26,30,32-33H,4-6,10-12H2/t20-,21-,25?,26-/m1/s1. The van der Waals surface area contributed by atoms with Crippen molar-refractivity contribution in [2.75, 3.05) is 32.9 Å². The summed E-state index contributed by atoms with van der Waals surface area (Å²) < 4.78 is 47.5. The Bertz CT molecular complexity index is 1370. The van der Waals surface area contributed by atoms with Gasteiger partial charge in [-0.3, -0.25) is 4.79 Å². The molecule has 1 unspecified atom stereocenters. The number of aromatic nitrogens is 2. The second-order valence-electron chi connectivity index (χ2n) is 9.37. The molecule has 3 aliphatic rings. The zero-order valence-electron chi connectivity index (χ0n) is 19.7. The molecule has 5 heterocycles. The number of nitrogens with one attached hydrogen (secondary N) is 1. The maximum absolute atomic E-state index is 15.2. The van der Waals surface area contributed by atoms with E-state index in [0.29, 0.717) is 35.4 Å². The molecule has 3 aliphatic heterocycles. The molecule has 3 aromatic rings. The van der Waals surface area contributed by atoms with Crippen molar-refractivity contribution >= 4 is 22.5 Å². The third-order valence-electron chi connectivity index (χ3n) is 7.08. The number of hydrogen-bond donors (Lipinski definition) is 3. The number of nitrogens with zero attached hydrogens (tertiary/aromatic N) is 2. The number of ether oxygens (including phenoxy) is 3. The number of carbonyl (C=O) groups is 1. The number of aliphatic hydroxyl groups is 2. The van der Waals surface area contributed by atoms with Crippen LogP contribution in [0.3, 0.4) is 0 Å². The van der Waals surface area contributed by atoms with Gasteiger partial charge in [0.15, 0.2) is 12.0 Å². The molecule has 2 fully saturated rings. The summed E-state index contributed by atoms with van der Waals surface area (Å²) in [6, 6.07) is 7.41. The van der Waals surface area contributed by atoms with Crippen molar-refractivity contribution < 1.29 is 38.0 Å². The summed E-state index contributed by atoms with van der Waals surface area (Å²) in [7, 11) is 0. The Morgan fingerprint density at radius 2 is 1.95 bits per heavy atom. The Kier molecular flexibility index (Phi) is 6.15. The van der Waals surface area contributed by atoms with Crippen molar-refractivity contribution in [2.24, 2.45) is 0 Å². The third kappa shape index (κ3) is 4.37. The molecule has 4 atom stereocenters. The van der Waals surface area contributed by atoms with Crippen LogP contribution in [0.4, 0.5) is 8.78 Å². The highest BCUT2D eigenvalue weighted by Crippen LogP contribution is 2.33. The smallest absolute Gasteiger partial charge is 0.248 e. The van der Waals surface area contributed by atoms with Crippen LogP contribution in [0.2, 0.25) is 0 Å². The number of fused-ring (bicyclic) bond motifs is 2. The molecule has 0 bridgehead atoms. The molecule has 37 heavy (non-hydrogen) atoms. The lowest BCUT2D eigenvalue weighted by Crippen LogP contribution is -2.36. The number of H-pyrrole nitrogens is 1. The fourth-order valence-corrected chi connectivity index (χ4v) is 5.16. The van der Waals surface area contributed by atoms with E-state index in [0.717, 1.165) is 5.57 Å². The summed E-state index contributed by atoms with van der Waals surface area (Å²) in [4.78, 5) is 20.7. The van der Waals surface area contributed by atoms with Gasteiger partial charge >= 0.3 is 0 Å². The maximum Gasteiger partial charge on any atom is 0.248 e. The van der Waals surface area contributed by atoms with Crippen molar-refractivity contribution in [1.29, 1.82) is 0 Å². The first-order valence-electron chi connectivity index (χ1n) is 12.1. The fourth-order valence-electron chi connectivity index (χ4n) is 5.16. The highest BCUT2D eigenvalue weighted by atomic mass is 19.1. The topological polar surface area (TPSA) is 117 Å². The van der Waals surface area contributed by atoms with Crippen LogP contribution in [0, 0.1) is 11.6 Å². The van der Waals surface area contributed by atoms with Gasteiger partial charge < -0.3 is 34.3 Å². The van der Waals surface area contributed by atoms with Gasteiger partial charge in [-0.15, -0.1) is 0 Å². The van der Waals surface area contributed by atoms with Crippen molar-refractivity contribution in [3.05, 3.63) is 53.6 Å². The first-order valence-corrected chi connectivity index (χ1v) is 12.1. The average molecular weight is 513 g/mol. The van der Waals surface area contributed by atoms with Gasteiger partial charge in [-0.1, -0.05) is 6.08 Å². The lowest BCUT2D eigenvalue weighted by atomic mass is 9.96. The quantitative estimate of drug-likeness (QED) is 0.478. The fraction of sp³-hybridized carbons (Fsp3) is 0.385. The SMILES string of the molecule is O=C(CO)N1CC=C(c2cc(F)c(-c3ccc4[nH]c(O[C@@H]5COC6[C@H](O)CO[C@@H]65)cc4n3)c(F)c2)CC1. The molecule has 11 heteroatoms. The van der Waals surface area contributed by atoms with E-state index in [9.17, 15) is 9.90 Å². The Balaban J connectivity index is 1.22. The summed E-state index contributed by atoms with van der Waals surface area (Å²) in [6.45, 7) is 0.545. The first-order chi connectivity index (χ1) is 17.9. The van der Waals surface area contributed by atoms with E-state index >= 15 is 8.78 Å². The second kappa shape index (κ2) is 9.49. The van der Waals surface area contributed by atoms with Crippen molar-refractivity contribution in [2.45, 2.75) is 30.8 Å². The van der Waals surface area contributed by atoms with Gasteiger partial charge in [-0.25, -0.2) is 13.8 Å². The molecule has 1 aromatic carbocycles. The molecular formula is C26H25F2N3O6. The van der Waals surface area contributed by atoms with E-state index in [4.69, 9.17) is 19.3 Å². The summed E-state index contributed by atoms with van der Waals surface area (Å²) >= 11 is 0. The van der Waals surface area contributed by atoms with Gasteiger partial charge in [-0.2, -0.15) is 0 Å². The minimum absolute atomic E-state index is 0.142.